The molecule has 2 N–H and O–H groups in total. The first kappa shape index (κ1) is 26.1. The number of aromatic nitrogens is 1. The molecule has 0 aliphatic heterocycles. The molecule has 1 heterocycles. The first-order valence-corrected chi connectivity index (χ1v) is 10.6. The highest BCUT2D eigenvalue weighted by atomic mass is 127. The lowest BCUT2D eigenvalue weighted by Gasteiger charge is -2.10. The molecule has 0 atom stereocenters. The second kappa shape index (κ2) is 17.2. The first-order chi connectivity index (χ1) is 12.7. The van der Waals surface area contributed by atoms with Gasteiger partial charge in [-0.1, -0.05) is 19.8 Å². The van der Waals surface area contributed by atoms with Crippen LogP contribution in [-0.2, 0) is 22.4 Å². The molecule has 0 radical (unpaired) electrons. The van der Waals surface area contributed by atoms with E-state index in [9.17, 15) is 4.79 Å². The quantitative estimate of drug-likeness (QED) is 0.138. The van der Waals surface area contributed by atoms with Crippen molar-refractivity contribution >= 4 is 47.2 Å². The Morgan fingerprint density at radius 3 is 2.63 bits per heavy atom. The predicted octanol–water partition coefficient (Wildman–Crippen LogP) is 3.93. The number of rotatable bonds is 13. The van der Waals surface area contributed by atoms with Crippen LogP contribution in [0.1, 0.15) is 62.8 Å². The fourth-order valence-corrected chi connectivity index (χ4v) is 3.28. The second-order valence-corrected chi connectivity index (χ2v) is 7.18. The molecule has 1 rings (SSSR count). The Hall–Kier alpha value is -0.900. The molecule has 0 fully saturated rings. The Bertz CT molecular complexity index is 538. The number of nitrogens with one attached hydrogen (secondary N) is 2. The van der Waals surface area contributed by atoms with Gasteiger partial charge < -0.3 is 15.4 Å². The van der Waals surface area contributed by atoms with E-state index >= 15 is 0 Å². The number of carbonyl (C=O) groups is 1. The van der Waals surface area contributed by atoms with E-state index in [0.29, 0.717) is 13.0 Å². The molecule has 0 aliphatic rings. The summed E-state index contributed by atoms with van der Waals surface area (Å²) in [7, 11) is 0. The molecule has 0 aliphatic carbocycles. The highest BCUT2D eigenvalue weighted by Crippen LogP contribution is 2.13. The highest BCUT2D eigenvalue weighted by Gasteiger charge is 2.03. The molecule has 0 saturated carbocycles. The standard InChI is InChI=1S/C19H34N4O2S.HI/c1-4-16-15-23-17(26-16)12-14-22-19(20-5-2)21-13-10-8-7-9-11-18(24)25-6-3;/h15H,4-14H2,1-3H3,(H2,20,21,22);1H. The third kappa shape index (κ3) is 13.0. The molecular weight excluding hydrogens is 475 g/mol. The lowest BCUT2D eigenvalue weighted by Crippen LogP contribution is -2.38. The van der Waals surface area contributed by atoms with Gasteiger partial charge >= 0.3 is 5.97 Å². The van der Waals surface area contributed by atoms with Crippen molar-refractivity contribution in [1.29, 1.82) is 0 Å². The summed E-state index contributed by atoms with van der Waals surface area (Å²) in [5.41, 5.74) is 0. The number of ether oxygens (including phenoxy) is 1. The lowest BCUT2D eigenvalue weighted by molar-refractivity contribution is -0.143. The van der Waals surface area contributed by atoms with Crippen LogP contribution in [0.15, 0.2) is 11.2 Å². The van der Waals surface area contributed by atoms with Gasteiger partial charge in [0.1, 0.15) is 0 Å². The molecule has 0 spiro atoms. The van der Waals surface area contributed by atoms with E-state index in [1.165, 1.54) is 9.88 Å². The molecule has 0 bridgehead atoms. The maximum atomic E-state index is 11.3. The summed E-state index contributed by atoms with van der Waals surface area (Å²) in [6, 6.07) is 0. The summed E-state index contributed by atoms with van der Waals surface area (Å²) in [6.45, 7) is 9.02. The molecule has 27 heavy (non-hydrogen) atoms. The summed E-state index contributed by atoms with van der Waals surface area (Å²) in [5, 5.41) is 7.82. The molecule has 0 saturated heterocycles. The van der Waals surface area contributed by atoms with Crippen molar-refractivity contribution in [2.24, 2.45) is 4.99 Å². The SMILES string of the molecule is CCNC(=NCCCCCCC(=O)OCC)NCCc1ncc(CC)s1.I. The van der Waals surface area contributed by atoms with Crippen LogP contribution in [0.3, 0.4) is 0 Å². The number of aliphatic imine (C=N–C) groups is 1. The van der Waals surface area contributed by atoms with Crippen molar-refractivity contribution in [2.45, 2.75) is 65.7 Å². The number of carbonyl (C=O) groups excluding carboxylic acids is 1. The first-order valence-electron chi connectivity index (χ1n) is 9.80. The fraction of sp³-hybridized carbons (Fsp3) is 0.737. The van der Waals surface area contributed by atoms with Gasteiger partial charge in [-0.3, -0.25) is 9.79 Å². The zero-order chi connectivity index (χ0) is 19.0. The van der Waals surface area contributed by atoms with Gasteiger partial charge in [0.05, 0.1) is 11.6 Å². The Kier molecular flexibility index (Phi) is 16.6. The molecular formula is C19H35IN4O2S. The van der Waals surface area contributed by atoms with E-state index in [4.69, 9.17) is 4.74 Å². The number of esters is 1. The van der Waals surface area contributed by atoms with Crippen LogP contribution in [-0.4, -0.2) is 43.2 Å². The van der Waals surface area contributed by atoms with Gasteiger partial charge in [0, 0.05) is 43.5 Å². The minimum atomic E-state index is -0.0876. The lowest BCUT2D eigenvalue weighted by atomic mass is 10.1. The normalized spacial score (nSPS) is 11.0. The third-order valence-corrected chi connectivity index (χ3v) is 4.99. The highest BCUT2D eigenvalue weighted by molar-refractivity contribution is 14.0. The van der Waals surface area contributed by atoms with Crippen LogP contribution in [0.2, 0.25) is 0 Å². The maximum absolute atomic E-state index is 11.3. The van der Waals surface area contributed by atoms with E-state index in [1.54, 1.807) is 11.3 Å². The molecule has 1 aromatic heterocycles. The zero-order valence-corrected chi connectivity index (χ0v) is 20.0. The van der Waals surface area contributed by atoms with E-state index < -0.39 is 0 Å². The molecule has 8 heteroatoms. The molecule has 156 valence electrons. The van der Waals surface area contributed by atoms with Gasteiger partial charge in [0.2, 0.25) is 0 Å². The average Bonchev–Trinajstić information content (AvgIpc) is 3.09. The van der Waals surface area contributed by atoms with Gasteiger partial charge in [-0.15, -0.1) is 35.3 Å². The number of nitrogens with zero attached hydrogens (tertiary/aromatic N) is 2. The predicted molar refractivity (Wildman–Crippen MR) is 124 cm³/mol. The number of hydrogen-bond acceptors (Lipinski definition) is 5. The van der Waals surface area contributed by atoms with Crippen LogP contribution in [0.25, 0.3) is 0 Å². The number of hydrogen-bond donors (Lipinski definition) is 2. The number of unbranched alkanes of at least 4 members (excludes halogenated alkanes) is 3. The summed E-state index contributed by atoms with van der Waals surface area (Å²) in [4.78, 5) is 21.6. The fourth-order valence-electron chi connectivity index (χ4n) is 2.42. The molecule has 0 aromatic carbocycles. The van der Waals surface area contributed by atoms with Gasteiger partial charge in [-0.05, 0) is 33.1 Å². The van der Waals surface area contributed by atoms with Crippen molar-refractivity contribution in [3.05, 3.63) is 16.1 Å². The second-order valence-electron chi connectivity index (χ2n) is 5.98. The average molecular weight is 510 g/mol. The monoisotopic (exact) mass is 510 g/mol. The van der Waals surface area contributed by atoms with Crippen molar-refractivity contribution in [1.82, 2.24) is 15.6 Å². The van der Waals surface area contributed by atoms with Crippen molar-refractivity contribution < 1.29 is 9.53 Å². The number of guanidine groups is 1. The summed E-state index contributed by atoms with van der Waals surface area (Å²) < 4.78 is 4.92. The largest absolute Gasteiger partial charge is 0.466 e. The Balaban J connectivity index is 0.00000676. The Morgan fingerprint density at radius 1 is 1.19 bits per heavy atom. The molecule has 6 nitrogen and oxygen atoms in total. The van der Waals surface area contributed by atoms with E-state index in [-0.39, 0.29) is 29.9 Å². The number of thiazole rings is 1. The van der Waals surface area contributed by atoms with Crippen LogP contribution >= 0.6 is 35.3 Å². The number of aryl methyl sites for hydroxylation is 1. The molecule has 1 aromatic rings. The van der Waals surface area contributed by atoms with Crippen molar-refractivity contribution in [2.75, 3.05) is 26.2 Å². The van der Waals surface area contributed by atoms with E-state index in [2.05, 4.69) is 34.5 Å². The van der Waals surface area contributed by atoms with Gasteiger partial charge in [-0.2, -0.15) is 0 Å². The van der Waals surface area contributed by atoms with Gasteiger partial charge in [0.15, 0.2) is 5.96 Å². The van der Waals surface area contributed by atoms with Crippen molar-refractivity contribution in [3.63, 3.8) is 0 Å². The number of halogens is 1. The van der Waals surface area contributed by atoms with E-state index in [0.717, 1.165) is 64.1 Å². The maximum Gasteiger partial charge on any atom is 0.305 e. The molecule has 0 unspecified atom stereocenters. The summed E-state index contributed by atoms with van der Waals surface area (Å²) in [5.74, 6) is 0.779. The van der Waals surface area contributed by atoms with Crippen LogP contribution < -0.4 is 10.6 Å². The van der Waals surface area contributed by atoms with Crippen LogP contribution in [0.4, 0.5) is 0 Å². The summed E-state index contributed by atoms with van der Waals surface area (Å²) in [6.07, 6.45) is 8.53. The topological polar surface area (TPSA) is 75.6 Å². The minimum absolute atomic E-state index is 0. The Morgan fingerprint density at radius 2 is 1.96 bits per heavy atom. The van der Waals surface area contributed by atoms with Crippen LogP contribution in [0.5, 0.6) is 0 Å². The van der Waals surface area contributed by atoms with Gasteiger partial charge in [-0.25, -0.2) is 4.98 Å². The zero-order valence-electron chi connectivity index (χ0n) is 16.9. The van der Waals surface area contributed by atoms with Crippen LogP contribution in [0, 0.1) is 0 Å². The third-order valence-electron chi connectivity index (χ3n) is 3.79. The summed E-state index contributed by atoms with van der Waals surface area (Å²) >= 11 is 1.79. The minimum Gasteiger partial charge on any atom is -0.466 e. The van der Waals surface area contributed by atoms with Crippen molar-refractivity contribution in [3.8, 4) is 0 Å². The molecule has 0 amide bonds. The van der Waals surface area contributed by atoms with E-state index in [1.807, 2.05) is 13.1 Å². The van der Waals surface area contributed by atoms with Gasteiger partial charge in [0.25, 0.3) is 0 Å². The Labute approximate surface area is 185 Å². The smallest absolute Gasteiger partial charge is 0.305 e.